The summed E-state index contributed by atoms with van der Waals surface area (Å²) < 4.78 is 23.7. The van der Waals surface area contributed by atoms with Crippen LogP contribution in [-0.4, -0.2) is 60.2 Å². The fourth-order valence-corrected chi connectivity index (χ4v) is 6.38. The number of benzene rings is 1. The normalized spacial score (nSPS) is 19.9. The third-order valence-electron chi connectivity index (χ3n) is 7.58. The highest BCUT2D eigenvalue weighted by atomic mass is 32.2. The Morgan fingerprint density at radius 2 is 1.97 bits per heavy atom. The van der Waals surface area contributed by atoms with Gasteiger partial charge in [-0.25, -0.2) is 13.4 Å². The number of sulfone groups is 1. The number of hydrogen-bond donors (Lipinski definition) is 1. The summed E-state index contributed by atoms with van der Waals surface area (Å²) in [5, 5.41) is 9.06. The third-order valence-corrected chi connectivity index (χ3v) is 9.19. The van der Waals surface area contributed by atoms with Crippen molar-refractivity contribution in [2.24, 2.45) is 5.41 Å². The van der Waals surface area contributed by atoms with E-state index in [-0.39, 0.29) is 46.1 Å². The van der Waals surface area contributed by atoms with E-state index in [4.69, 9.17) is 5.26 Å². The van der Waals surface area contributed by atoms with Crippen molar-refractivity contribution in [2.45, 2.75) is 58.8 Å². The topological polar surface area (TPSA) is 107 Å². The van der Waals surface area contributed by atoms with Crippen molar-refractivity contribution in [3.05, 3.63) is 58.7 Å². The molecule has 2 heterocycles. The summed E-state index contributed by atoms with van der Waals surface area (Å²) in [5.41, 5.74) is 4.89. The van der Waals surface area contributed by atoms with Crippen LogP contribution in [0, 0.1) is 16.7 Å². The van der Waals surface area contributed by atoms with Crippen molar-refractivity contribution in [3.63, 3.8) is 0 Å². The summed E-state index contributed by atoms with van der Waals surface area (Å²) in [4.78, 5) is 22.1. The van der Waals surface area contributed by atoms with Gasteiger partial charge < -0.3 is 9.88 Å². The van der Waals surface area contributed by atoms with Crippen LogP contribution in [0.5, 0.6) is 0 Å². The summed E-state index contributed by atoms with van der Waals surface area (Å²) in [6.07, 6.45) is 6.96. The molecular formula is C28H36N4O3S. The van der Waals surface area contributed by atoms with E-state index in [2.05, 4.69) is 66.8 Å². The summed E-state index contributed by atoms with van der Waals surface area (Å²) in [5.74, 6) is 0.508. The summed E-state index contributed by atoms with van der Waals surface area (Å²) in [6.45, 7) is 10.9. The molecule has 1 N–H and O–H groups in total. The van der Waals surface area contributed by atoms with Crippen LogP contribution in [0.4, 0.5) is 0 Å². The number of nitrogens with zero attached hydrogens (tertiary/aromatic N) is 3. The minimum Gasteiger partial charge on any atom is -0.327 e. The fraction of sp³-hybridized carbons (Fsp3) is 0.536. The number of hydrogen-bond acceptors (Lipinski definition) is 6. The zero-order chi connectivity index (χ0) is 26.1. The van der Waals surface area contributed by atoms with Crippen molar-refractivity contribution >= 4 is 21.2 Å². The molecule has 1 aromatic heterocycles. The minimum atomic E-state index is -2.91. The Morgan fingerprint density at radius 3 is 2.58 bits per heavy atom. The Labute approximate surface area is 214 Å². The van der Waals surface area contributed by atoms with E-state index >= 15 is 0 Å². The van der Waals surface area contributed by atoms with Gasteiger partial charge in [0.15, 0.2) is 15.7 Å². The summed E-state index contributed by atoms with van der Waals surface area (Å²) in [6, 6.07) is 8.37. The second-order valence-corrected chi connectivity index (χ2v) is 13.9. The molecule has 36 heavy (non-hydrogen) atoms. The lowest BCUT2D eigenvalue weighted by molar-refractivity contribution is 0.0984. The molecule has 1 aromatic carbocycles. The molecule has 1 fully saturated rings. The molecular weight excluding hydrogens is 472 g/mol. The van der Waals surface area contributed by atoms with Crippen LogP contribution in [0.3, 0.4) is 0 Å². The van der Waals surface area contributed by atoms with Gasteiger partial charge in [0.2, 0.25) is 5.78 Å². The van der Waals surface area contributed by atoms with Gasteiger partial charge in [0.05, 0.1) is 17.7 Å². The van der Waals surface area contributed by atoms with E-state index in [0.717, 1.165) is 36.9 Å². The molecule has 192 valence electrons. The molecule has 2 aromatic rings. The van der Waals surface area contributed by atoms with Crippen molar-refractivity contribution in [3.8, 4) is 6.07 Å². The van der Waals surface area contributed by atoms with Crippen LogP contribution >= 0.6 is 0 Å². The fourth-order valence-electron chi connectivity index (χ4n) is 5.11. The maximum Gasteiger partial charge on any atom is 0.202 e. The van der Waals surface area contributed by atoms with Gasteiger partial charge in [0, 0.05) is 31.5 Å². The molecule has 0 saturated carbocycles. The first-order valence-corrected chi connectivity index (χ1v) is 14.4. The summed E-state index contributed by atoms with van der Waals surface area (Å²) >= 11 is 0. The number of rotatable bonds is 7. The number of H-pyrrole nitrogens is 1. The Kier molecular flexibility index (Phi) is 7.27. The van der Waals surface area contributed by atoms with Crippen molar-refractivity contribution < 1.29 is 13.2 Å². The number of allylic oxidation sites excluding steroid dienone is 2. The number of imidazole rings is 1. The van der Waals surface area contributed by atoms with E-state index in [1.807, 2.05) is 6.07 Å². The smallest absolute Gasteiger partial charge is 0.202 e. The molecule has 4 rings (SSSR count). The van der Waals surface area contributed by atoms with Gasteiger partial charge in [0.25, 0.3) is 0 Å². The largest absolute Gasteiger partial charge is 0.327 e. The van der Waals surface area contributed by atoms with E-state index in [9.17, 15) is 13.2 Å². The molecule has 7 nitrogen and oxygen atoms in total. The number of Topliss-reactive ketones (excluding diaryl/α,β-unsaturated/α-hetero) is 1. The second-order valence-electron chi connectivity index (χ2n) is 11.6. The van der Waals surface area contributed by atoms with E-state index in [0.29, 0.717) is 13.1 Å². The Morgan fingerprint density at radius 1 is 1.25 bits per heavy atom. The zero-order valence-corrected chi connectivity index (χ0v) is 22.5. The lowest BCUT2D eigenvalue weighted by Crippen LogP contribution is -2.45. The molecule has 1 aliphatic carbocycles. The van der Waals surface area contributed by atoms with Crippen molar-refractivity contribution in [2.75, 3.05) is 31.1 Å². The van der Waals surface area contributed by atoms with E-state index in [1.165, 1.54) is 17.3 Å². The first kappa shape index (κ1) is 26.3. The molecule has 0 radical (unpaired) electrons. The predicted molar refractivity (Wildman–Crippen MR) is 142 cm³/mol. The predicted octanol–water partition coefficient (Wildman–Crippen LogP) is 4.31. The second kappa shape index (κ2) is 9.95. The standard InChI is InChI=1S/C28H36N4O3S/c1-27(2)9-7-20(8-10-27)24-16-22(28(3,4)19-32-11-13-36(34,35)14-12-32)6-5-21(24)15-25(33)26-30-18-23(17-29)31-26/h5-7,16,18H,8-15,19H2,1-4H3,(H,30,31). The van der Waals surface area contributed by atoms with Crippen molar-refractivity contribution in [1.29, 1.82) is 5.26 Å². The maximum atomic E-state index is 13.0. The van der Waals surface area contributed by atoms with Gasteiger partial charge in [-0.15, -0.1) is 0 Å². The third kappa shape index (κ3) is 6.13. The van der Waals surface area contributed by atoms with Crippen LogP contribution in [0.2, 0.25) is 0 Å². The summed E-state index contributed by atoms with van der Waals surface area (Å²) in [7, 11) is -2.91. The SMILES string of the molecule is CC1(C)CC=C(c2cc(C(C)(C)CN3CCS(=O)(=O)CC3)ccc2CC(=O)c2ncc(C#N)[nH]2)CC1. The molecule has 2 aliphatic rings. The Hall–Kier alpha value is -2.76. The highest BCUT2D eigenvalue weighted by Crippen LogP contribution is 2.40. The quantitative estimate of drug-likeness (QED) is 0.559. The average Bonchev–Trinajstić information content (AvgIpc) is 3.30. The molecule has 0 unspecified atom stereocenters. The highest BCUT2D eigenvalue weighted by Gasteiger charge is 2.30. The number of ketones is 1. The molecule has 8 heteroatoms. The number of aromatic nitrogens is 2. The molecule has 0 spiro atoms. The van der Waals surface area contributed by atoms with Crippen LogP contribution in [0.1, 0.15) is 80.0 Å². The first-order chi connectivity index (χ1) is 16.9. The van der Waals surface area contributed by atoms with Gasteiger partial charge in [-0.05, 0) is 46.9 Å². The van der Waals surface area contributed by atoms with Gasteiger partial charge in [-0.1, -0.05) is 52.0 Å². The molecule has 1 aliphatic heterocycles. The van der Waals surface area contributed by atoms with Crippen LogP contribution < -0.4 is 0 Å². The average molecular weight is 509 g/mol. The van der Waals surface area contributed by atoms with Gasteiger partial charge in [0.1, 0.15) is 11.8 Å². The monoisotopic (exact) mass is 508 g/mol. The van der Waals surface area contributed by atoms with Gasteiger partial charge in [-0.3, -0.25) is 4.79 Å². The highest BCUT2D eigenvalue weighted by molar-refractivity contribution is 7.91. The number of aromatic amines is 1. The number of nitriles is 1. The van der Waals surface area contributed by atoms with Crippen LogP contribution in [0.15, 0.2) is 30.5 Å². The number of nitrogens with one attached hydrogen (secondary N) is 1. The lowest BCUT2D eigenvalue weighted by Gasteiger charge is -2.36. The number of carbonyl (C=O) groups is 1. The van der Waals surface area contributed by atoms with Crippen LogP contribution in [-0.2, 0) is 21.7 Å². The molecule has 0 bridgehead atoms. The first-order valence-electron chi connectivity index (χ1n) is 12.6. The molecule has 1 saturated heterocycles. The Bertz CT molecular complexity index is 1310. The lowest BCUT2D eigenvalue weighted by atomic mass is 9.75. The number of carbonyl (C=O) groups excluding carboxylic acids is 1. The molecule has 0 amide bonds. The van der Waals surface area contributed by atoms with Crippen molar-refractivity contribution in [1.82, 2.24) is 14.9 Å². The van der Waals surface area contributed by atoms with E-state index in [1.54, 1.807) is 0 Å². The van der Waals surface area contributed by atoms with E-state index < -0.39 is 9.84 Å². The maximum absolute atomic E-state index is 13.0. The van der Waals surface area contributed by atoms with Gasteiger partial charge >= 0.3 is 0 Å². The molecule has 0 atom stereocenters. The van der Waals surface area contributed by atoms with Gasteiger partial charge in [-0.2, -0.15) is 5.26 Å². The zero-order valence-electron chi connectivity index (χ0n) is 21.7. The Balaban J connectivity index is 1.63. The minimum absolute atomic E-state index is 0.143. The van der Waals surface area contributed by atoms with Crippen LogP contribution in [0.25, 0.3) is 5.57 Å².